The fourth-order valence-electron chi connectivity index (χ4n) is 4.57. The molecule has 0 unspecified atom stereocenters. The van der Waals surface area contributed by atoms with Gasteiger partial charge in [0.15, 0.2) is 0 Å². The summed E-state index contributed by atoms with van der Waals surface area (Å²) >= 11 is 6.83. The highest BCUT2D eigenvalue weighted by molar-refractivity contribution is 9.10. The average molecular weight is 541 g/mol. The van der Waals surface area contributed by atoms with Crippen LogP contribution >= 0.6 is 31.9 Å². The Morgan fingerprint density at radius 2 is 1.65 bits per heavy atom. The molecular weight excluding hydrogens is 526 g/mol. The van der Waals surface area contributed by atoms with Crippen molar-refractivity contribution in [3.05, 3.63) is 92.9 Å². The van der Waals surface area contributed by atoms with Crippen LogP contribution in [0.3, 0.4) is 0 Å². The van der Waals surface area contributed by atoms with Crippen LogP contribution in [0.2, 0.25) is 0 Å². The molecule has 2 heterocycles. The summed E-state index contributed by atoms with van der Waals surface area (Å²) in [6.07, 6.45) is -0.0959. The van der Waals surface area contributed by atoms with Gasteiger partial charge in [-0.25, -0.2) is 0 Å². The number of esters is 1. The minimum Gasteiger partial charge on any atom is -0.424 e. The number of imide groups is 1. The van der Waals surface area contributed by atoms with Crippen molar-refractivity contribution in [1.82, 2.24) is 0 Å². The van der Waals surface area contributed by atoms with Gasteiger partial charge in [0.05, 0.1) is 16.1 Å². The molecule has 3 aromatic carbocycles. The van der Waals surface area contributed by atoms with E-state index in [0.717, 1.165) is 4.47 Å². The van der Waals surface area contributed by atoms with E-state index in [2.05, 4.69) is 31.9 Å². The van der Waals surface area contributed by atoms with Crippen LogP contribution in [0.1, 0.15) is 17.5 Å². The number of halogens is 2. The maximum absolute atomic E-state index is 13.7. The molecule has 7 heteroatoms. The van der Waals surface area contributed by atoms with Crippen molar-refractivity contribution in [2.75, 3.05) is 4.90 Å². The number of nitrogens with zero attached hydrogens (tertiary/aromatic N) is 1. The molecular formula is C24H15Br2NO4. The standard InChI is InChI=1S/C24H15Br2NO4/c25-15-8-4-9-16(12-15)27-20(28)13-18(22(27)29)24(14-6-2-1-3-7-14)17-10-5-11-19(26)21(17)31-23(24)30/h1-12,18H,13H2/t18-,24+/m1/s1. The number of ether oxygens (including phenoxy) is 1. The molecule has 3 aromatic rings. The number of rotatable bonds is 3. The van der Waals surface area contributed by atoms with Gasteiger partial charge in [-0.1, -0.05) is 64.5 Å². The first-order valence-electron chi connectivity index (χ1n) is 9.63. The molecule has 1 fully saturated rings. The first kappa shape index (κ1) is 20.2. The first-order valence-corrected chi connectivity index (χ1v) is 11.2. The van der Waals surface area contributed by atoms with E-state index in [-0.39, 0.29) is 12.3 Å². The molecule has 0 saturated carbocycles. The van der Waals surface area contributed by atoms with Gasteiger partial charge >= 0.3 is 5.97 Å². The molecule has 0 bridgehead atoms. The molecule has 1 saturated heterocycles. The summed E-state index contributed by atoms with van der Waals surface area (Å²) in [5.74, 6) is -1.86. The summed E-state index contributed by atoms with van der Waals surface area (Å²) in [7, 11) is 0. The monoisotopic (exact) mass is 539 g/mol. The molecule has 0 N–H and O–H groups in total. The second-order valence-corrected chi connectivity index (χ2v) is 9.25. The van der Waals surface area contributed by atoms with Crippen molar-refractivity contribution in [3.8, 4) is 5.75 Å². The van der Waals surface area contributed by atoms with Gasteiger partial charge in [0, 0.05) is 16.5 Å². The Hall–Kier alpha value is -2.77. The van der Waals surface area contributed by atoms with E-state index in [9.17, 15) is 14.4 Å². The maximum atomic E-state index is 13.7. The second kappa shape index (κ2) is 7.43. The number of carbonyl (C=O) groups is 3. The highest BCUT2D eigenvalue weighted by Gasteiger charge is 2.62. The van der Waals surface area contributed by atoms with Gasteiger partial charge in [0.1, 0.15) is 11.2 Å². The van der Waals surface area contributed by atoms with Crippen molar-refractivity contribution >= 4 is 55.3 Å². The van der Waals surface area contributed by atoms with Gasteiger partial charge in [-0.15, -0.1) is 0 Å². The van der Waals surface area contributed by atoms with Crippen LogP contribution < -0.4 is 9.64 Å². The topological polar surface area (TPSA) is 63.7 Å². The molecule has 0 aliphatic carbocycles. The van der Waals surface area contributed by atoms with E-state index in [1.54, 1.807) is 48.5 Å². The smallest absolute Gasteiger partial charge is 0.327 e. The molecule has 2 amide bonds. The van der Waals surface area contributed by atoms with Gasteiger partial charge < -0.3 is 4.74 Å². The summed E-state index contributed by atoms with van der Waals surface area (Å²) in [5, 5.41) is 0. The molecule has 0 aromatic heterocycles. The highest BCUT2D eigenvalue weighted by Crippen LogP contribution is 2.54. The van der Waals surface area contributed by atoms with Crippen molar-refractivity contribution < 1.29 is 19.1 Å². The minimum absolute atomic E-state index is 0.0959. The normalized spacial score (nSPS) is 22.6. The predicted octanol–water partition coefficient (Wildman–Crippen LogP) is 5.00. The Balaban J connectivity index is 1.72. The Morgan fingerprint density at radius 1 is 0.903 bits per heavy atom. The summed E-state index contributed by atoms with van der Waals surface area (Å²) in [4.78, 5) is 41.4. The minimum atomic E-state index is -1.41. The van der Waals surface area contributed by atoms with E-state index in [0.29, 0.717) is 27.0 Å². The number of hydrogen-bond acceptors (Lipinski definition) is 4. The lowest BCUT2D eigenvalue weighted by molar-refractivity contribution is -0.141. The lowest BCUT2D eigenvalue weighted by Gasteiger charge is -2.31. The van der Waals surface area contributed by atoms with Crippen molar-refractivity contribution in [2.45, 2.75) is 11.8 Å². The van der Waals surface area contributed by atoms with Gasteiger partial charge in [-0.2, -0.15) is 0 Å². The molecule has 31 heavy (non-hydrogen) atoms. The zero-order valence-electron chi connectivity index (χ0n) is 16.0. The zero-order valence-corrected chi connectivity index (χ0v) is 19.2. The molecule has 5 rings (SSSR count). The Kier molecular flexibility index (Phi) is 4.83. The molecule has 2 aliphatic heterocycles. The zero-order chi connectivity index (χ0) is 21.8. The molecule has 2 atom stereocenters. The molecule has 0 spiro atoms. The lowest BCUT2D eigenvalue weighted by atomic mass is 9.66. The SMILES string of the molecule is O=C1C[C@@H]([C@@]2(c3ccccc3)C(=O)Oc3c(Br)cccc32)C(=O)N1c1cccc(Br)c1. The molecule has 0 radical (unpaired) electrons. The fourth-order valence-corrected chi connectivity index (χ4v) is 5.40. The van der Waals surface area contributed by atoms with Crippen LogP contribution in [0.25, 0.3) is 0 Å². The van der Waals surface area contributed by atoms with Gasteiger partial charge in [0.2, 0.25) is 11.8 Å². The fraction of sp³-hybridized carbons (Fsp3) is 0.125. The number of carbonyl (C=O) groups excluding carboxylic acids is 3. The van der Waals surface area contributed by atoms with Gasteiger partial charge in [-0.05, 0) is 45.8 Å². The number of benzene rings is 3. The third kappa shape index (κ3) is 2.91. The summed E-state index contributed by atoms with van der Waals surface area (Å²) in [6, 6.07) is 21.4. The number of hydrogen-bond donors (Lipinski definition) is 0. The maximum Gasteiger partial charge on any atom is 0.327 e. The Labute approximate surface area is 195 Å². The third-order valence-electron chi connectivity index (χ3n) is 5.87. The van der Waals surface area contributed by atoms with Crippen LogP contribution in [0.15, 0.2) is 81.7 Å². The first-order chi connectivity index (χ1) is 14.9. The van der Waals surface area contributed by atoms with Crippen LogP contribution in [-0.4, -0.2) is 17.8 Å². The lowest BCUT2D eigenvalue weighted by Crippen LogP contribution is -2.46. The average Bonchev–Trinajstić information content (AvgIpc) is 3.22. The van der Waals surface area contributed by atoms with Crippen molar-refractivity contribution in [2.24, 2.45) is 5.92 Å². The number of anilines is 1. The molecule has 2 aliphatic rings. The predicted molar refractivity (Wildman–Crippen MR) is 122 cm³/mol. The van der Waals surface area contributed by atoms with E-state index in [1.165, 1.54) is 4.90 Å². The third-order valence-corrected chi connectivity index (χ3v) is 6.99. The van der Waals surface area contributed by atoms with Gasteiger partial charge in [-0.3, -0.25) is 19.3 Å². The largest absolute Gasteiger partial charge is 0.424 e. The quantitative estimate of drug-likeness (QED) is 0.266. The van der Waals surface area contributed by atoms with Crippen LogP contribution in [0.5, 0.6) is 5.75 Å². The van der Waals surface area contributed by atoms with E-state index in [1.807, 2.05) is 24.3 Å². The summed E-state index contributed by atoms with van der Waals surface area (Å²) in [5.41, 5.74) is 0.267. The summed E-state index contributed by atoms with van der Waals surface area (Å²) < 4.78 is 7.06. The number of para-hydroxylation sites is 1. The molecule has 154 valence electrons. The number of amides is 2. The number of fused-ring (bicyclic) bond motifs is 1. The van der Waals surface area contributed by atoms with Crippen molar-refractivity contribution in [1.29, 1.82) is 0 Å². The van der Waals surface area contributed by atoms with E-state index >= 15 is 0 Å². The molecule has 5 nitrogen and oxygen atoms in total. The van der Waals surface area contributed by atoms with Crippen LogP contribution in [-0.2, 0) is 19.8 Å². The van der Waals surface area contributed by atoms with Crippen LogP contribution in [0, 0.1) is 5.92 Å². The van der Waals surface area contributed by atoms with E-state index < -0.39 is 23.2 Å². The van der Waals surface area contributed by atoms with E-state index in [4.69, 9.17) is 4.74 Å². The second-order valence-electron chi connectivity index (χ2n) is 7.48. The Morgan fingerprint density at radius 3 is 2.39 bits per heavy atom. The highest BCUT2D eigenvalue weighted by atomic mass is 79.9. The van der Waals surface area contributed by atoms with Crippen LogP contribution in [0.4, 0.5) is 5.69 Å². The summed E-state index contributed by atoms with van der Waals surface area (Å²) in [6.45, 7) is 0. The van der Waals surface area contributed by atoms with Gasteiger partial charge in [0.25, 0.3) is 0 Å². The van der Waals surface area contributed by atoms with Crippen molar-refractivity contribution in [3.63, 3.8) is 0 Å². The Bertz CT molecular complexity index is 1240.